The van der Waals surface area contributed by atoms with Gasteiger partial charge in [0.25, 0.3) is 0 Å². The molecule has 0 radical (unpaired) electrons. The molecule has 0 amide bonds. The molecule has 0 fully saturated rings. The van der Waals surface area contributed by atoms with Crippen LogP contribution in [0.4, 0.5) is 17.3 Å². The largest absolute Gasteiger partial charge is 0.396 e. The van der Waals surface area contributed by atoms with Crippen molar-refractivity contribution >= 4 is 35.4 Å². The number of hydrogen-bond acceptors (Lipinski definition) is 8. The summed E-state index contributed by atoms with van der Waals surface area (Å²) in [6.07, 6.45) is 8.37. The van der Waals surface area contributed by atoms with E-state index in [1.54, 1.807) is 18.5 Å². The first-order valence-corrected chi connectivity index (χ1v) is 11.7. The molecule has 8 nitrogen and oxygen atoms in total. The highest BCUT2D eigenvalue weighted by atomic mass is 16.3. The number of nitrogens with two attached hydrogens (primary N) is 1. The van der Waals surface area contributed by atoms with E-state index in [0.29, 0.717) is 23.8 Å². The maximum absolute atomic E-state index is 11.8. The topological polar surface area (TPSA) is 137 Å². The number of rotatable bonds is 10. The van der Waals surface area contributed by atoms with Crippen LogP contribution in [0.15, 0.2) is 54.9 Å². The van der Waals surface area contributed by atoms with E-state index in [1.807, 2.05) is 49.4 Å². The molecule has 1 aromatic carbocycles. The molecule has 0 saturated carbocycles. The molecule has 180 valence electrons. The zero-order valence-electron chi connectivity index (χ0n) is 19.7. The Morgan fingerprint density at radius 3 is 2.74 bits per heavy atom. The summed E-state index contributed by atoms with van der Waals surface area (Å²) in [5.74, 6) is 0.962. The van der Waals surface area contributed by atoms with Crippen LogP contribution < -0.4 is 16.4 Å². The number of anilines is 3. The summed E-state index contributed by atoms with van der Waals surface area (Å²) in [6.45, 7) is 2.01. The highest BCUT2D eigenvalue weighted by molar-refractivity contribution is 5.84. The molecule has 3 aromatic rings. The van der Waals surface area contributed by atoms with Gasteiger partial charge in [-0.05, 0) is 73.0 Å². The van der Waals surface area contributed by atoms with E-state index in [4.69, 9.17) is 16.1 Å². The fraction of sp³-hybridized carbons (Fsp3) is 0.259. The Morgan fingerprint density at radius 2 is 2.09 bits per heavy atom. The van der Waals surface area contributed by atoms with Gasteiger partial charge in [-0.15, -0.1) is 0 Å². The van der Waals surface area contributed by atoms with Crippen molar-refractivity contribution in [1.29, 1.82) is 5.41 Å². The third kappa shape index (κ3) is 5.55. The number of carbonyl (C=O) groups is 1. The molecule has 2 atom stereocenters. The lowest BCUT2D eigenvalue weighted by Gasteiger charge is -2.23. The third-order valence-electron chi connectivity index (χ3n) is 6.26. The summed E-state index contributed by atoms with van der Waals surface area (Å²) in [6, 6.07) is 13.0. The van der Waals surface area contributed by atoms with E-state index < -0.39 is 6.04 Å². The lowest BCUT2D eigenvalue weighted by atomic mass is 9.95. The summed E-state index contributed by atoms with van der Waals surface area (Å²) >= 11 is 0. The number of aldehydes is 1. The number of aliphatic hydroxyl groups is 1. The van der Waals surface area contributed by atoms with Gasteiger partial charge in [-0.1, -0.05) is 19.1 Å². The average molecular weight is 471 g/mol. The number of aliphatic hydroxyl groups excluding tert-OH is 1. The molecular weight excluding hydrogens is 440 g/mol. The number of nitrogens with zero attached hydrogens (tertiary/aromatic N) is 2. The third-order valence-corrected chi connectivity index (χ3v) is 6.26. The van der Waals surface area contributed by atoms with E-state index >= 15 is 0 Å². The van der Waals surface area contributed by atoms with Crippen LogP contribution in [0.3, 0.4) is 0 Å². The zero-order chi connectivity index (χ0) is 24.8. The fourth-order valence-electron chi connectivity index (χ4n) is 4.13. The molecule has 1 unspecified atom stereocenters. The Balaban J connectivity index is 1.59. The minimum atomic E-state index is -0.507. The van der Waals surface area contributed by atoms with Crippen molar-refractivity contribution < 1.29 is 9.90 Å². The summed E-state index contributed by atoms with van der Waals surface area (Å²) in [5, 5.41) is 24.0. The second-order valence-corrected chi connectivity index (χ2v) is 8.58. The zero-order valence-corrected chi connectivity index (χ0v) is 19.7. The first-order valence-electron chi connectivity index (χ1n) is 11.7. The van der Waals surface area contributed by atoms with E-state index in [9.17, 15) is 9.90 Å². The smallest absolute Gasteiger partial charge is 0.146 e. The highest BCUT2D eigenvalue weighted by Crippen LogP contribution is 2.34. The van der Waals surface area contributed by atoms with Crippen molar-refractivity contribution in [2.45, 2.75) is 32.2 Å². The van der Waals surface area contributed by atoms with Crippen LogP contribution in [0.2, 0.25) is 0 Å². The molecular formula is C27H30N6O2. The SMILES string of the molecule is CC[C@H](CO)C(=N)CCc1ccc(Nc2nc(-c3ccc(N)nc3)cc3c2C(C=O)NC=C3)cc1. The lowest BCUT2D eigenvalue weighted by Crippen LogP contribution is -2.22. The molecule has 3 heterocycles. The summed E-state index contributed by atoms with van der Waals surface area (Å²) in [7, 11) is 0. The number of aryl methyl sites for hydroxylation is 1. The minimum Gasteiger partial charge on any atom is -0.396 e. The summed E-state index contributed by atoms with van der Waals surface area (Å²) < 4.78 is 0. The molecule has 1 aliphatic heterocycles. The van der Waals surface area contributed by atoms with Crippen LogP contribution in [0.5, 0.6) is 0 Å². The van der Waals surface area contributed by atoms with E-state index in [0.717, 1.165) is 52.8 Å². The number of hydrogen-bond donors (Lipinski definition) is 5. The van der Waals surface area contributed by atoms with Gasteiger partial charge in [0, 0.05) is 34.6 Å². The number of pyridine rings is 2. The monoisotopic (exact) mass is 470 g/mol. The van der Waals surface area contributed by atoms with Crippen molar-refractivity contribution in [3.63, 3.8) is 0 Å². The number of benzene rings is 1. The average Bonchev–Trinajstić information content (AvgIpc) is 2.89. The highest BCUT2D eigenvalue weighted by Gasteiger charge is 2.23. The van der Waals surface area contributed by atoms with Crippen molar-refractivity contribution in [2.24, 2.45) is 5.92 Å². The minimum absolute atomic E-state index is 0.0207. The van der Waals surface area contributed by atoms with Gasteiger partial charge in [0.15, 0.2) is 0 Å². The standard InChI is InChI=1S/C27H30N6O2/c1-2-18(15-34)22(28)9-5-17-3-7-21(8-4-17)32-27-26-19(11-12-30-24(26)16-35)13-23(33-27)20-6-10-25(29)31-14-20/h3-4,6-8,10-14,16,18,24,28,30,34H,2,5,9,15H2,1H3,(H2,29,31)(H,32,33)/t18-,24?/m1/s1. The van der Waals surface area contributed by atoms with Gasteiger partial charge in [-0.25, -0.2) is 9.97 Å². The van der Waals surface area contributed by atoms with Crippen LogP contribution in [0, 0.1) is 11.3 Å². The first kappa shape index (κ1) is 24.1. The molecule has 8 heteroatoms. The van der Waals surface area contributed by atoms with Crippen molar-refractivity contribution in [3.8, 4) is 11.3 Å². The van der Waals surface area contributed by atoms with Gasteiger partial charge < -0.3 is 31.7 Å². The van der Waals surface area contributed by atoms with Crippen LogP contribution in [0.25, 0.3) is 17.3 Å². The van der Waals surface area contributed by atoms with Crippen LogP contribution >= 0.6 is 0 Å². The van der Waals surface area contributed by atoms with Crippen molar-refractivity contribution in [1.82, 2.24) is 15.3 Å². The summed E-state index contributed by atoms with van der Waals surface area (Å²) in [4.78, 5) is 20.8. The van der Waals surface area contributed by atoms with Crippen molar-refractivity contribution in [2.75, 3.05) is 17.7 Å². The molecule has 35 heavy (non-hydrogen) atoms. The second-order valence-electron chi connectivity index (χ2n) is 8.58. The summed E-state index contributed by atoms with van der Waals surface area (Å²) in [5.41, 5.74) is 11.5. The molecule has 2 aromatic heterocycles. The molecule has 6 N–H and O–H groups in total. The Morgan fingerprint density at radius 1 is 1.29 bits per heavy atom. The maximum atomic E-state index is 11.8. The van der Waals surface area contributed by atoms with Gasteiger partial charge in [0.05, 0.1) is 12.3 Å². The number of aromatic nitrogens is 2. The fourth-order valence-corrected chi connectivity index (χ4v) is 4.13. The van der Waals surface area contributed by atoms with Crippen LogP contribution in [-0.4, -0.2) is 33.7 Å². The van der Waals surface area contributed by atoms with Crippen LogP contribution in [0.1, 0.15) is 42.5 Å². The van der Waals surface area contributed by atoms with E-state index in [2.05, 4.69) is 15.6 Å². The Hall–Kier alpha value is -4.04. The van der Waals surface area contributed by atoms with E-state index in [-0.39, 0.29) is 12.5 Å². The lowest BCUT2D eigenvalue weighted by molar-refractivity contribution is -0.109. The van der Waals surface area contributed by atoms with Gasteiger partial charge in [-0.2, -0.15) is 0 Å². The molecule has 0 aliphatic carbocycles. The van der Waals surface area contributed by atoms with Gasteiger partial charge in [-0.3, -0.25) is 0 Å². The molecule has 0 spiro atoms. The molecule has 4 rings (SSSR count). The second kappa shape index (κ2) is 10.9. The molecule has 0 bridgehead atoms. The predicted octanol–water partition coefficient (Wildman–Crippen LogP) is 4.25. The maximum Gasteiger partial charge on any atom is 0.146 e. The Labute approximate surface area is 204 Å². The number of nitrogen functional groups attached to an aromatic ring is 1. The van der Waals surface area contributed by atoms with Crippen molar-refractivity contribution in [3.05, 3.63) is 71.6 Å². The van der Waals surface area contributed by atoms with Gasteiger partial charge in [0.2, 0.25) is 0 Å². The quantitative estimate of drug-likeness (QED) is 0.221. The number of carbonyl (C=O) groups excluding carboxylic acids is 1. The first-order chi connectivity index (χ1) is 17.0. The predicted molar refractivity (Wildman–Crippen MR) is 139 cm³/mol. The Bertz CT molecular complexity index is 1220. The molecule has 1 aliphatic rings. The van der Waals surface area contributed by atoms with Gasteiger partial charge in [0.1, 0.15) is 24.0 Å². The Kier molecular flexibility index (Phi) is 7.52. The normalized spacial score (nSPS) is 15.1. The van der Waals surface area contributed by atoms with Gasteiger partial charge >= 0.3 is 0 Å². The molecule has 0 saturated heterocycles. The van der Waals surface area contributed by atoms with E-state index in [1.165, 1.54) is 0 Å². The number of fused-ring (bicyclic) bond motifs is 1. The number of nitrogens with one attached hydrogen (secondary N) is 3. The van der Waals surface area contributed by atoms with Crippen LogP contribution in [-0.2, 0) is 11.2 Å².